The molecule has 1 aromatic rings. The minimum absolute atomic E-state index is 0.0496. The average molecular weight is 236 g/mol. The molecule has 0 unspecified atom stereocenters. The Morgan fingerprint density at radius 2 is 2.12 bits per heavy atom. The fourth-order valence-electron chi connectivity index (χ4n) is 1.54. The number of anilines is 1. The van der Waals surface area contributed by atoms with Crippen LogP contribution in [0, 0.1) is 6.92 Å². The Morgan fingerprint density at radius 1 is 1.47 bits per heavy atom. The van der Waals surface area contributed by atoms with E-state index in [0.717, 1.165) is 5.56 Å². The summed E-state index contributed by atoms with van der Waals surface area (Å²) in [6.45, 7) is 5.68. The second kappa shape index (κ2) is 5.19. The van der Waals surface area contributed by atoms with Crippen LogP contribution in [-0.4, -0.2) is 23.2 Å². The van der Waals surface area contributed by atoms with E-state index in [4.69, 9.17) is 10.8 Å². The number of nitrogens with one attached hydrogen (secondary N) is 1. The summed E-state index contributed by atoms with van der Waals surface area (Å²) in [5, 5.41) is 11.8. The Labute approximate surface area is 102 Å². The minimum Gasteiger partial charge on any atom is -0.399 e. The highest BCUT2D eigenvalue weighted by Gasteiger charge is 2.20. The van der Waals surface area contributed by atoms with E-state index in [9.17, 15) is 4.79 Å². The zero-order valence-electron chi connectivity index (χ0n) is 10.6. The number of nitrogen functional groups attached to an aromatic ring is 1. The molecule has 1 rings (SSSR count). The highest BCUT2D eigenvalue weighted by atomic mass is 16.3. The Balaban J connectivity index is 2.80. The molecule has 0 heterocycles. The van der Waals surface area contributed by atoms with Crippen molar-refractivity contribution in [2.24, 2.45) is 0 Å². The number of benzene rings is 1. The lowest BCUT2D eigenvalue weighted by Gasteiger charge is -2.25. The van der Waals surface area contributed by atoms with Gasteiger partial charge in [-0.15, -0.1) is 0 Å². The van der Waals surface area contributed by atoms with Gasteiger partial charge in [0.15, 0.2) is 0 Å². The molecule has 1 aromatic carbocycles. The SMILES string of the molecule is Cc1cc(C(=O)NC(C)(C)CCO)ccc1N. The third-order valence-electron chi connectivity index (χ3n) is 2.72. The van der Waals surface area contributed by atoms with Gasteiger partial charge < -0.3 is 16.2 Å². The third-order valence-corrected chi connectivity index (χ3v) is 2.72. The van der Waals surface area contributed by atoms with Gasteiger partial charge >= 0.3 is 0 Å². The number of hydrogen-bond donors (Lipinski definition) is 3. The monoisotopic (exact) mass is 236 g/mol. The number of carbonyl (C=O) groups is 1. The molecule has 4 heteroatoms. The predicted molar refractivity (Wildman–Crippen MR) is 68.8 cm³/mol. The third kappa shape index (κ3) is 3.75. The number of carbonyl (C=O) groups excluding carboxylic acids is 1. The van der Waals surface area contributed by atoms with Crippen molar-refractivity contribution in [3.8, 4) is 0 Å². The lowest BCUT2D eigenvalue weighted by Crippen LogP contribution is -2.44. The minimum atomic E-state index is -0.416. The van der Waals surface area contributed by atoms with Crippen molar-refractivity contribution >= 4 is 11.6 Å². The van der Waals surface area contributed by atoms with Crippen LogP contribution in [-0.2, 0) is 0 Å². The van der Waals surface area contributed by atoms with Crippen LogP contribution in [0.4, 0.5) is 5.69 Å². The fraction of sp³-hybridized carbons (Fsp3) is 0.462. The topological polar surface area (TPSA) is 75.3 Å². The van der Waals surface area contributed by atoms with Crippen LogP contribution in [0.3, 0.4) is 0 Å². The second-order valence-electron chi connectivity index (χ2n) is 4.88. The van der Waals surface area contributed by atoms with Crippen molar-refractivity contribution in [3.63, 3.8) is 0 Å². The molecule has 0 aliphatic rings. The molecular formula is C13H20N2O2. The van der Waals surface area contributed by atoms with E-state index >= 15 is 0 Å². The molecule has 17 heavy (non-hydrogen) atoms. The summed E-state index contributed by atoms with van der Waals surface area (Å²) >= 11 is 0. The first kappa shape index (κ1) is 13.5. The largest absolute Gasteiger partial charge is 0.399 e. The van der Waals surface area contributed by atoms with Crippen molar-refractivity contribution in [2.45, 2.75) is 32.7 Å². The standard InChI is InChI=1S/C13H20N2O2/c1-9-8-10(4-5-11(9)14)12(17)15-13(2,3)6-7-16/h4-5,8,16H,6-7,14H2,1-3H3,(H,15,17). The van der Waals surface area contributed by atoms with Crippen LogP contribution < -0.4 is 11.1 Å². The van der Waals surface area contributed by atoms with Gasteiger partial charge in [0.25, 0.3) is 5.91 Å². The first-order valence-electron chi connectivity index (χ1n) is 5.65. The number of hydrogen-bond acceptors (Lipinski definition) is 3. The Bertz CT molecular complexity index is 414. The van der Waals surface area contributed by atoms with Crippen molar-refractivity contribution in [1.82, 2.24) is 5.32 Å². The molecule has 1 amide bonds. The van der Waals surface area contributed by atoms with E-state index < -0.39 is 5.54 Å². The Hall–Kier alpha value is -1.55. The van der Waals surface area contributed by atoms with Gasteiger partial charge in [-0.05, 0) is 51.0 Å². The normalized spacial score (nSPS) is 11.3. The molecule has 0 fully saturated rings. The highest BCUT2D eigenvalue weighted by Crippen LogP contribution is 2.14. The van der Waals surface area contributed by atoms with Gasteiger partial charge in [0.2, 0.25) is 0 Å². The van der Waals surface area contributed by atoms with Crippen LogP contribution in [0.15, 0.2) is 18.2 Å². The summed E-state index contributed by atoms with van der Waals surface area (Å²) in [6.07, 6.45) is 0.521. The molecule has 0 saturated carbocycles. The van der Waals surface area contributed by atoms with Crippen molar-refractivity contribution in [1.29, 1.82) is 0 Å². The van der Waals surface area contributed by atoms with Gasteiger partial charge in [0.05, 0.1) is 0 Å². The molecule has 0 aliphatic heterocycles. The first-order chi connectivity index (χ1) is 7.85. The molecule has 0 aliphatic carbocycles. The van der Waals surface area contributed by atoms with Crippen LogP contribution in [0.1, 0.15) is 36.2 Å². The molecule has 94 valence electrons. The van der Waals surface area contributed by atoms with Gasteiger partial charge in [-0.2, -0.15) is 0 Å². The maximum Gasteiger partial charge on any atom is 0.251 e. The fourth-order valence-corrected chi connectivity index (χ4v) is 1.54. The molecule has 4 N–H and O–H groups in total. The molecule has 0 radical (unpaired) electrons. The number of aliphatic hydroxyl groups excluding tert-OH is 1. The first-order valence-corrected chi connectivity index (χ1v) is 5.65. The van der Waals surface area contributed by atoms with Gasteiger partial charge in [0, 0.05) is 23.4 Å². The lowest BCUT2D eigenvalue weighted by atomic mass is 10.00. The smallest absolute Gasteiger partial charge is 0.251 e. The van der Waals surface area contributed by atoms with Crippen molar-refractivity contribution in [2.75, 3.05) is 12.3 Å². The summed E-state index contributed by atoms with van der Waals surface area (Å²) in [5.41, 5.74) is 7.43. The summed E-state index contributed by atoms with van der Waals surface area (Å²) in [7, 11) is 0. The average Bonchev–Trinajstić information content (AvgIpc) is 2.21. The zero-order valence-corrected chi connectivity index (χ0v) is 10.6. The van der Waals surface area contributed by atoms with Gasteiger partial charge in [-0.25, -0.2) is 0 Å². The number of aliphatic hydroxyl groups is 1. The molecular weight excluding hydrogens is 216 g/mol. The second-order valence-corrected chi connectivity index (χ2v) is 4.88. The van der Waals surface area contributed by atoms with Crippen LogP contribution >= 0.6 is 0 Å². The zero-order chi connectivity index (χ0) is 13.1. The maximum atomic E-state index is 12.0. The summed E-state index contributed by atoms with van der Waals surface area (Å²) in [6, 6.07) is 5.19. The maximum absolute atomic E-state index is 12.0. The van der Waals surface area contributed by atoms with E-state index in [1.807, 2.05) is 20.8 Å². The quantitative estimate of drug-likeness (QED) is 0.693. The number of rotatable bonds is 4. The molecule has 0 aromatic heterocycles. The van der Waals surface area contributed by atoms with E-state index in [-0.39, 0.29) is 12.5 Å². The highest BCUT2D eigenvalue weighted by molar-refractivity contribution is 5.95. The molecule has 0 saturated heterocycles. The summed E-state index contributed by atoms with van der Waals surface area (Å²) in [5.74, 6) is -0.147. The van der Waals surface area contributed by atoms with Crippen molar-refractivity contribution < 1.29 is 9.90 Å². The van der Waals surface area contributed by atoms with E-state index in [0.29, 0.717) is 17.7 Å². The van der Waals surface area contributed by atoms with Crippen LogP contribution in [0.25, 0.3) is 0 Å². The Kier molecular flexibility index (Phi) is 4.12. The van der Waals surface area contributed by atoms with Crippen molar-refractivity contribution in [3.05, 3.63) is 29.3 Å². The summed E-state index contributed by atoms with van der Waals surface area (Å²) in [4.78, 5) is 12.0. The summed E-state index contributed by atoms with van der Waals surface area (Å²) < 4.78 is 0. The van der Waals surface area contributed by atoms with Gasteiger partial charge in [0.1, 0.15) is 0 Å². The molecule has 0 bridgehead atoms. The molecule has 0 spiro atoms. The molecule has 4 nitrogen and oxygen atoms in total. The number of aryl methyl sites for hydroxylation is 1. The number of nitrogens with two attached hydrogens (primary N) is 1. The Morgan fingerprint density at radius 3 is 2.65 bits per heavy atom. The van der Waals surface area contributed by atoms with E-state index in [1.165, 1.54) is 0 Å². The number of amides is 1. The van der Waals surface area contributed by atoms with Gasteiger partial charge in [-0.1, -0.05) is 0 Å². The van der Waals surface area contributed by atoms with E-state index in [2.05, 4.69) is 5.32 Å². The van der Waals surface area contributed by atoms with E-state index in [1.54, 1.807) is 18.2 Å². The van der Waals surface area contributed by atoms with Crippen LogP contribution in [0.2, 0.25) is 0 Å². The van der Waals surface area contributed by atoms with Gasteiger partial charge in [-0.3, -0.25) is 4.79 Å². The van der Waals surface area contributed by atoms with Crippen LogP contribution in [0.5, 0.6) is 0 Å². The lowest BCUT2D eigenvalue weighted by molar-refractivity contribution is 0.0899. The molecule has 0 atom stereocenters. The predicted octanol–water partition coefficient (Wildman–Crippen LogP) is 1.47.